The summed E-state index contributed by atoms with van der Waals surface area (Å²) in [7, 11) is 0. The molecule has 4 nitrogen and oxygen atoms in total. The highest BCUT2D eigenvalue weighted by molar-refractivity contribution is 6.04. The number of halogens is 3. The Morgan fingerprint density at radius 2 is 1.30 bits per heavy atom. The number of amides is 2. The van der Waals surface area contributed by atoms with E-state index in [4.69, 9.17) is 0 Å². The molecule has 0 saturated heterocycles. The van der Waals surface area contributed by atoms with Crippen molar-refractivity contribution in [2.24, 2.45) is 0 Å². The predicted octanol–water partition coefficient (Wildman–Crippen LogP) is 3.92. The Balaban J connectivity index is 2.05. The summed E-state index contributed by atoms with van der Waals surface area (Å²) < 4.78 is 37.4. The van der Waals surface area contributed by atoms with Crippen molar-refractivity contribution in [2.45, 2.75) is 13.1 Å². The number of carbonyl (C=O) groups is 2. The zero-order valence-electron chi connectivity index (χ0n) is 12.1. The Hall–Kier alpha value is -2.83. The van der Waals surface area contributed by atoms with E-state index in [0.29, 0.717) is 11.4 Å². The number of anilines is 2. The van der Waals surface area contributed by atoms with Crippen LogP contribution in [0.4, 0.5) is 24.5 Å². The van der Waals surface area contributed by atoms with Crippen molar-refractivity contribution in [1.29, 1.82) is 0 Å². The quantitative estimate of drug-likeness (QED) is 0.900. The van der Waals surface area contributed by atoms with Gasteiger partial charge in [-0.2, -0.15) is 13.2 Å². The fourth-order valence-electron chi connectivity index (χ4n) is 1.85. The van der Waals surface area contributed by atoms with E-state index in [2.05, 4.69) is 10.6 Å². The van der Waals surface area contributed by atoms with Gasteiger partial charge in [-0.05, 0) is 48.5 Å². The SMILES string of the molecule is CC(=O)Nc1ccc(NC(=O)c2ccc(C(F)(F)F)cc2)cc1. The van der Waals surface area contributed by atoms with Crippen LogP contribution in [0.15, 0.2) is 48.5 Å². The summed E-state index contributed by atoms with van der Waals surface area (Å²) in [5, 5.41) is 5.14. The van der Waals surface area contributed by atoms with Crippen molar-refractivity contribution >= 4 is 23.2 Å². The molecular weight excluding hydrogens is 309 g/mol. The molecule has 120 valence electrons. The Labute approximate surface area is 130 Å². The van der Waals surface area contributed by atoms with E-state index < -0.39 is 17.6 Å². The zero-order valence-corrected chi connectivity index (χ0v) is 12.1. The van der Waals surface area contributed by atoms with Gasteiger partial charge in [-0.25, -0.2) is 0 Å². The maximum Gasteiger partial charge on any atom is 0.416 e. The van der Waals surface area contributed by atoms with Crippen molar-refractivity contribution in [3.8, 4) is 0 Å². The number of rotatable bonds is 3. The summed E-state index contributed by atoms with van der Waals surface area (Å²) in [5.41, 5.74) is 0.340. The smallest absolute Gasteiger partial charge is 0.326 e. The standard InChI is InChI=1S/C16H13F3N2O2/c1-10(22)20-13-6-8-14(9-7-13)21-15(23)11-2-4-12(5-3-11)16(17,18)19/h2-9H,1H3,(H,20,22)(H,21,23). The maximum absolute atomic E-state index is 12.5. The van der Waals surface area contributed by atoms with E-state index in [1.807, 2.05) is 0 Å². The van der Waals surface area contributed by atoms with Gasteiger partial charge < -0.3 is 10.6 Å². The molecule has 0 radical (unpaired) electrons. The van der Waals surface area contributed by atoms with Crippen LogP contribution < -0.4 is 10.6 Å². The molecular formula is C16H13F3N2O2. The molecule has 0 aromatic heterocycles. The summed E-state index contributed by atoms with van der Waals surface area (Å²) in [4.78, 5) is 22.9. The van der Waals surface area contributed by atoms with E-state index in [9.17, 15) is 22.8 Å². The van der Waals surface area contributed by atoms with Crippen molar-refractivity contribution in [3.05, 3.63) is 59.7 Å². The second-order valence-electron chi connectivity index (χ2n) is 4.79. The van der Waals surface area contributed by atoms with Gasteiger partial charge >= 0.3 is 6.18 Å². The van der Waals surface area contributed by atoms with Crippen molar-refractivity contribution in [3.63, 3.8) is 0 Å². The van der Waals surface area contributed by atoms with Gasteiger partial charge in [-0.1, -0.05) is 0 Å². The van der Waals surface area contributed by atoms with E-state index in [-0.39, 0.29) is 11.5 Å². The number of carbonyl (C=O) groups excluding carboxylic acids is 2. The molecule has 2 N–H and O–H groups in total. The van der Waals surface area contributed by atoms with Gasteiger partial charge in [0.1, 0.15) is 0 Å². The molecule has 0 aliphatic carbocycles. The molecule has 0 unspecified atom stereocenters. The average Bonchev–Trinajstić information content (AvgIpc) is 2.48. The maximum atomic E-state index is 12.5. The molecule has 0 spiro atoms. The fourth-order valence-corrected chi connectivity index (χ4v) is 1.85. The molecule has 0 bridgehead atoms. The highest BCUT2D eigenvalue weighted by atomic mass is 19.4. The highest BCUT2D eigenvalue weighted by Crippen LogP contribution is 2.29. The monoisotopic (exact) mass is 322 g/mol. The summed E-state index contributed by atoms with van der Waals surface area (Å²) >= 11 is 0. The third-order valence-electron chi connectivity index (χ3n) is 2.94. The largest absolute Gasteiger partial charge is 0.416 e. The predicted molar refractivity (Wildman–Crippen MR) is 80.1 cm³/mol. The van der Waals surface area contributed by atoms with E-state index in [1.54, 1.807) is 24.3 Å². The summed E-state index contributed by atoms with van der Waals surface area (Å²) in [5.74, 6) is -0.738. The molecule has 2 aromatic rings. The van der Waals surface area contributed by atoms with Gasteiger partial charge in [0.15, 0.2) is 0 Å². The summed E-state index contributed by atoms with van der Waals surface area (Å²) in [6.07, 6.45) is -4.44. The number of hydrogen-bond donors (Lipinski definition) is 2. The minimum absolute atomic E-state index is 0.115. The second-order valence-corrected chi connectivity index (χ2v) is 4.79. The third kappa shape index (κ3) is 4.57. The lowest BCUT2D eigenvalue weighted by Gasteiger charge is -2.09. The van der Waals surface area contributed by atoms with Gasteiger partial charge in [0.25, 0.3) is 5.91 Å². The minimum Gasteiger partial charge on any atom is -0.326 e. The van der Waals surface area contributed by atoms with Crippen LogP contribution in [0.25, 0.3) is 0 Å². The molecule has 2 amide bonds. The lowest BCUT2D eigenvalue weighted by Crippen LogP contribution is -2.13. The molecule has 0 heterocycles. The number of alkyl halides is 3. The first kappa shape index (κ1) is 16.5. The Morgan fingerprint density at radius 3 is 1.74 bits per heavy atom. The van der Waals surface area contributed by atoms with Crippen molar-refractivity contribution in [2.75, 3.05) is 10.6 Å². The first-order valence-corrected chi connectivity index (χ1v) is 6.62. The van der Waals surface area contributed by atoms with Crippen LogP contribution in [-0.2, 0) is 11.0 Å². The number of hydrogen-bond acceptors (Lipinski definition) is 2. The van der Waals surface area contributed by atoms with Crippen molar-refractivity contribution < 1.29 is 22.8 Å². The first-order chi connectivity index (χ1) is 10.8. The molecule has 0 fully saturated rings. The van der Waals surface area contributed by atoms with Crippen LogP contribution in [0.3, 0.4) is 0 Å². The Kier molecular flexibility index (Phi) is 4.68. The lowest BCUT2D eigenvalue weighted by atomic mass is 10.1. The molecule has 2 rings (SSSR count). The van der Waals surface area contributed by atoms with Gasteiger partial charge in [-0.3, -0.25) is 9.59 Å². The summed E-state index contributed by atoms with van der Waals surface area (Å²) in [6, 6.07) is 10.3. The van der Waals surface area contributed by atoms with Gasteiger partial charge in [0, 0.05) is 23.9 Å². The van der Waals surface area contributed by atoms with Gasteiger partial charge in [0.2, 0.25) is 5.91 Å². The van der Waals surface area contributed by atoms with Crippen LogP contribution >= 0.6 is 0 Å². The third-order valence-corrected chi connectivity index (χ3v) is 2.94. The Bertz CT molecular complexity index is 708. The fraction of sp³-hybridized carbons (Fsp3) is 0.125. The molecule has 0 saturated carbocycles. The number of nitrogens with one attached hydrogen (secondary N) is 2. The minimum atomic E-state index is -4.44. The van der Waals surface area contributed by atoms with E-state index in [0.717, 1.165) is 24.3 Å². The zero-order chi connectivity index (χ0) is 17.0. The van der Waals surface area contributed by atoms with Crippen LogP contribution in [-0.4, -0.2) is 11.8 Å². The summed E-state index contributed by atoms with van der Waals surface area (Å²) in [6.45, 7) is 1.38. The van der Waals surface area contributed by atoms with Crippen LogP contribution in [0.2, 0.25) is 0 Å². The van der Waals surface area contributed by atoms with Crippen LogP contribution in [0.1, 0.15) is 22.8 Å². The normalized spacial score (nSPS) is 11.0. The van der Waals surface area contributed by atoms with Gasteiger partial charge in [-0.15, -0.1) is 0 Å². The molecule has 7 heteroatoms. The van der Waals surface area contributed by atoms with Crippen LogP contribution in [0, 0.1) is 0 Å². The van der Waals surface area contributed by atoms with Gasteiger partial charge in [0.05, 0.1) is 5.56 Å². The lowest BCUT2D eigenvalue weighted by molar-refractivity contribution is -0.137. The first-order valence-electron chi connectivity index (χ1n) is 6.62. The second kappa shape index (κ2) is 6.51. The van der Waals surface area contributed by atoms with Crippen molar-refractivity contribution in [1.82, 2.24) is 0 Å². The molecule has 2 aromatic carbocycles. The number of benzene rings is 2. The Morgan fingerprint density at radius 1 is 0.826 bits per heavy atom. The molecule has 0 atom stereocenters. The van der Waals surface area contributed by atoms with Crippen LogP contribution in [0.5, 0.6) is 0 Å². The van der Waals surface area contributed by atoms with E-state index >= 15 is 0 Å². The van der Waals surface area contributed by atoms with E-state index in [1.165, 1.54) is 6.92 Å². The molecule has 0 aliphatic rings. The average molecular weight is 322 g/mol. The molecule has 23 heavy (non-hydrogen) atoms. The molecule has 0 aliphatic heterocycles. The highest BCUT2D eigenvalue weighted by Gasteiger charge is 2.30. The topological polar surface area (TPSA) is 58.2 Å².